The van der Waals surface area contributed by atoms with Gasteiger partial charge >= 0.3 is 5.97 Å². The number of ether oxygens (including phenoxy) is 1. The minimum atomic E-state index is -3.58. The van der Waals surface area contributed by atoms with Crippen LogP contribution < -0.4 is 0 Å². The predicted molar refractivity (Wildman–Crippen MR) is 149 cm³/mol. The zero-order valence-electron chi connectivity index (χ0n) is 24.2. The molecule has 0 fully saturated rings. The Morgan fingerprint density at radius 3 is 2.43 bits per heavy atom. The standard InChI is InChI=1S/C29H32F3N5O4S/c1-26(2,3)41-24(39)12-22-27(4,5)42(40)23(13-29(31,32)16-35-42)28(6,37-22)25-19(30)9-8-18(36-25)11-21(38)20-10-7-17(14-33)15-34-20/h7-10,15,23H,11-13,16H2,1-6H3/t23-,28+,42-/m1/s1. The number of aliphatic imine (C=N–C) groups is 1. The zero-order chi connectivity index (χ0) is 31.3. The number of aromatic nitrogens is 2. The lowest BCUT2D eigenvalue weighted by molar-refractivity contribution is -0.153. The molecule has 0 saturated carbocycles. The van der Waals surface area contributed by atoms with Crippen LogP contribution >= 0.6 is 0 Å². The molecule has 2 aromatic rings. The number of rotatable bonds is 6. The Bertz CT molecular complexity index is 1630. The molecular weight excluding hydrogens is 571 g/mol. The van der Waals surface area contributed by atoms with Gasteiger partial charge < -0.3 is 4.74 Å². The summed E-state index contributed by atoms with van der Waals surface area (Å²) in [6, 6.07) is 7.04. The Kier molecular flexibility index (Phi) is 7.86. The molecule has 2 aromatic heterocycles. The third-order valence-corrected chi connectivity index (χ3v) is 11.0. The first kappa shape index (κ1) is 31.3. The smallest absolute Gasteiger partial charge is 0.312 e. The van der Waals surface area contributed by atoms with Crippen LogP contribution in [0.25, 0.3) is 0 Å². The highest BCUT2D eigenvalue weighted by Crippen LogP contribution is 2.50. The highest BCUT2D eigenvalue weighted by atomic mass is 32.2. The van der Waals surface area contributed by atoms with E-state index in [9.17, 15) is 22.6 Å². The largest absolute Gasteiger partial charge is 0.460 e. The molecule has 42 heavy (non-hydrogen) atoms. The van der Waals surface area contributed by atoms with E-state index in [0.717, 1.165) is 6.07 Å². The van der Waals surface area contributed by atoms with Crippen LogP contribution in [0, 0.1) is 17.1 Å². The fourth-order valence-electron chi connectivity index (χ4n) is 5.20. The number of esters is 1. The van der Waals surface area contributed by atoms with Crippen LogP contribution in [0.15, 0.2) is 39.8 Å². The lowest BCUT2D eigenvalue weighted by atomic mass is 9.87. The molecule has 0 unspecified atom stereocenters. The van der Waals surface area contributed by atoms with Gasteiger partial charge in [0, 0.05) is 24.0 Å². The molecule has 4 rings (SSSR count). The number of nitriles is 1. The summed E-state index contributed by atoms with van der Waals surface area (Å²) < 4.78 is 67.9. The summed E-state index contributed by atoms with van der Waals surface area (Å²) in [5, 5.41) is 7.50. The van der Waals surface area contributed by atoms with E-state index in [4.69, 9.17) is 10.00 Å². The number of Topliss-reactive ketones (excluding diaryl/α,β-unsaturated/α-hetero) is 1. The van der Waals surface area contributed by atoms with Crippen molar-refractivity contribution in [2.24, 2.45) is 9.36 Å². The fourth-order valence-corrected chi connectivity index (χ4v) is 8.51. The molecule has 0 bridgehead atoms. The van der Waals surface area contributed by atoms with E-state index in [-0.39, 0.29) is 34.8 Å². The Balaban J connectivity index is 1.84. The number of pyridine rings is 2. The Morgan fingerprint density at radius 1 is 1.14 bits per heavy atom. The summed E-state index contributed by atoms with van der Waals surface area (Å²) in [6.07, 6.45) is -0.383. The molecule has 0 amide bonds. The second kappa shape index (κ2) is 10.6. The number of ketones is 1. The molecule has 9 nitrogen and oxygen atoms in total. The van der Waals surface area contributed by atoms with Gasteiger partial charge in [-0.2, -0.15) is 5.26 Å². The Hall–Kier alpha value is -3.66. The minimum Gasteiger partial charge on any atom is -0.460 e. The van der Waals surface area contributed by atoms with Gasteiger partial charge in [0.2, 0.25) is 0 Å². The van der Waals surface area contributed by atoms with Gasteiger partial charge in [-0.3, -0.25) is 24.5 Å². The zero-order valence-corrected chi connectivity index (χ0v) is 25.0. The first-order chi connectivity index (χ1) is 19.3. The number of alkyl halides is 2. The van der Waals surface area contributed by atoms with Crippen LogP contribution in [-0.2, 0) is 31.2 Å². The number of carbonyl (C=O) groups is 2. The van der Waals surface area contributed by atoms with Gasteiger partial charge in [-0.1, -0.05) is 0 Å². The maximum atomic E-state index is 15.6. The van der Waals surface area contributed by atoms with Crippen molar-refractivity contribution in [2.45, 2.75) is 87.9 Å². The van der Waals surface area contributed by atoms with Crippen molar-refractivity contribution < 1.29 is 31.7 Å². The molecule has 224 valence electrons. The average molecular weight is 604 g/mol. The molecule has 2 aliphatic rings. The Morgan fingerprint density at radius 2 is 1.83 bits per heavy atom. The van der Waals surface area contributed by atoms with Crippen molar-refractivity contribution in [1.29, 1.82) is 5.26 Å². The molecule has 0 radical (unpaired) electrons. The maximum Gasteiger partial charge on any atom is 0.312 e. The summed E-state index contributed by atoms with van der Waals surface area (Å²) >= 11 is 0. The summed E-state index contributed by atoms with van der Waals surface area (Å²) in [6.45, 7) is 8.47. The van der Waals surface area contributed by atoms with Crippen molar-refractivity contribution in [1.82, 2.24) is 9.97 Å². The van der Waals surface area contributed by atoms with Crippen molar-refractivity contribution in [3.8, 4) is 6.07 Å². The summed E-state index contributed by atoms with van der Waals surface area (Å²) in [5.41, 5.74) is -2.66. The second-order valence-electron chi connectivity index (χ2n) is 12.2. The van der Waals surface area contributed by atoms with E-state index in [2.05, 4.69) is 19.3 Å². The SMILES string of the molecule is CC(C)(C)OC(=O)CC1=N[C@](C)(c2nc(CC(=O)c3ccc(C#N)cn3)ccc2F)[C@H]2CC(F)(F)CN=[S@]2(=O)C1(C)C. The molecule has 13 heteroatoms. The first-order valence-electron chi connectivity index (χ1n) is 13.3. The Labute approximate surface area is 242 Å². The number of hydrogen-bond acceptors (Lipinski definition) is 9. The number of carbonyl (C=O) groups excluding carboxylic acids is 2. The number of hydrogen-bond donors (Lipinski definition) is 0. The van der Waals surface area contributed by atoms with E-state index in [1.54, 1.807) is 20.8 Å². The molecule has 3 atom stereocenters. The molecule has 0 aliphatic carbocycles. The fraction of sp³-hybridized carbons (Fsp3) is 0.517. The summed E-state index contributed by atoms with van der Waals surface area (Å²) in [4.78, 5) is 38.7. The van der Waals surface area contributed by atoms with Gasteiger partial charge in [-0.25, -0.2) is 21.7 Å². The van der Waals surface area contributed by atoms with Gasteiger partial charge in [0.1, 0.15) is 41.0 Å². The van der Waals surface area contributed by atoms with Crippen LogP contribution in [0.5, 0.6) is 0 Å². The third kappa shape index (κ3) is 5.82. The highest BCUT2D eigenvalue weighted by Gasteiger charge is 2.61. The first-order valence-corrected chi connectivity index (χ1v) is 14.8. The molecule has 0 aromatic carbocycles. The van der Waals surface area contributed by atoms with Crippen molar-refractivity contribution in [2.75, 3.05) is 6.54 Å². The number of fused-ring (bicyclic) bond motifs is 1. The van der Waals surface area contributed by atoms with Gasteiger partial charge in [-0.15, -0.1) is 0 Å². The highest BCUT2D eigenvalue weighted by molar-refractivity contribution is 7.96. The predicted octanol–water partition coefficient (Wildman–Crippen LogP) is 4.97. The molecule has 2 aliphatic heterocycles. The molecule has 0 saturated heterocycles. The monoisotopic (exact) mass is 603 g/mol. The van der Waals surface area contributed by atoms with Crippen LogP contribution in [0.1, 0.15) is 81.8 Å². The van der Waals surface area contributed by atoms with Crippen LogP contribution in [0.2, 0.25) is 0 Å². The minimum absolute atomic E-state index is 0.0544. The lowest BCUT2D eigenvalue weighted by Crippen LogP contribution is -2.61. The second-order valence-corrected chi connectivity index (χ2v) is 15.1. The van der Waals surface area contributed by atoms with Gasteiger partial charge in [0.15, 0.2) is 5.78 Å². The van der Waals surface area contributed by atoms with Crippen LogP contribution in [-0.4, -0.2) is 59.7 Å². The van der Waals surface area contributed by atoms with Crippen molar-refractivity contribution >= 4 is 27.2 Å². The van der Waals surface area contributed by atoms with E-state index in [1.807, 2.05) is 6.07 Å². The van der Waals surface area contributed by atoms with Crippen LogP contribution in [0.3, 0.4) is 0 Å². The van der Waals surface area contributed by atoms with E-state index < -0.39 is 73.7 Å². The molecule has 4 heterocycles. The summed E-state index contributed by atoms with van der Waals surface area (Å²) in [5.74, 6) is -5.38. The molecular formula is C29H32F3N5O4S. The van der Waals surface area contributed by atoms with Crippen molar-refractivity contribution in [3.05, 3.63) is 58.9 Å². The molecule has 0 N–H and O–H groups in total. The van der Waals surface area contributed by atoms with E-state index >= 15 is 4.39 Å². The lowest BCUT2D eigenvalue weighted by Gasteiger charge is -2.49. The van der Waals surface area contributed by atoms with E-state index in [1.165, 1.54) is 45.2 Å². The normalized spacial score (nSPS) is 26.2. The average Bonchev–Trinajstić information content (AvgIpc) is 2.89. The van der Waals surface area contributed by atoms with E-state index in [0.29, 0.717) is 0 Å². The van der Waals surface area contributed by atoms with Crippen molar-refractivity contribution in [3.63, 3.8) is 0 Å². The van der Waals surface area contributed by atoms with Gasteiger partial charge in [0.05, 0.1) is 38.1 Å². The summed E-state index contributed by atoms with van der Waals surface area (Å²) in [7, 11) is -3.58. The topological polar surface area (TPSA) is 135 Å². The van der Waals surface area contributed by atoms with Crippen LogP contribution in [0.4, 0.5) is 13.2 Å². The maximum absolute atomic E-state index is 15.6. The number of halogens is 3. The van der Waals surface area contributed by atoms with Gasteiger partial charge in [0.25, 0.3) is 5.92 Å². The third-order valence-electron chi connectivity index (χ3n) is 7.41. The van der Waals surface area contributed by atoms with Gasteiger partial charge in [-0.05, 0) is 65.8 Å². The molecule has 0 spiro atoms. The number of nitrogens with zero attached hydrogens (tertiary/aromatic N) is 5. The quantitative estimate of drug-likeness (QED) is 0.336.